The third-order valence-corrected chi connectivity index (χ3v) is 4.58. The number of amides is 2. The third-order valence-electron chi connectivity index (χ3n) is 4.58. The van der Waals surface area contributed by atoms with Crippen molar-refractivity contribution in [1.29, 1.82) is 0 Å². The lowest BCUT2D eigenvalue weighted by Gasteiger charge is -2.18. The molecule has 150 valence electrons. The predicted molar refractivity (Wildman–Crippen MR) is 115 cm³/mol. The van der Waals surface area contributed by atoms with Crippen LogP contribution >= 0.6 is 0 Å². The Labute approximate surface area is 168 Å². The quantitative estimate of drug-likeness (QED) is 0.656. The van der Waals surface area contributed by atoms with Gasteiger partial charge in [0.25, 0.3) is 0 Å². The summed E-state index contributed by atoms with van der Waals surface area (Å²) in [6, 6.07) is 14.3. The molecule has 0 aliphatic carbocycles. The number of carbonyl (C=O) groups excluding carboxylic acids is 2. The van der Waals surface area contributed by atoms with E-state index in [0.29, 0.717) is 6.54 Å². The number of benzene rings is 2. The van der Waals surface area contributed by atoms with Gasteiger partial charge in [-0.2, -0.15) is 0 Å². The summed E-state index contributed by atoms with van der Waals surface area (Å²) in [6.07, 6.45) is 1.83. The van der Waals surface area contributed by atoms with Crippen LogP contribution in [0.15, 0.2) is 42.5 Å². The molecule has 5 heteroatoms. The highest BCUT2D eigenvalue weighted by Crippen LogP contribution is 2.21. The van der Waals surface area contributed by atoms with Crippen LogP contribution in [-0.2, 0) is 16.0 Å². The summed E-state index contributed by atoms with van der Waals surface area (Å²) in [5.41, 5.74) is 5.39. The highest BCUT2D eigenvalue weighted by Gasteiger charge is 2.13. The van der Waals surface area contributed by atoms with E-state index >= 15 is 0 Å². The van der Waals surface area contributed by atoms with Gasteiger partial charge in [-0.05, 0) is 57.4 Å². The van der Waals surface area contributed by atoms with Gasteiger partial charge in [0.05, 0.1) is 13.1 Å². The van der Waals surface area contributed by atoms with Gasteiger partial charge in [0.2, 0.25) is 11.8 Å². The SMILES string of the molecule is Cc1cc(C)c(NC(=O)CN(C)CC(=O)NCCCc2ccccc2)c(C)c1. The molecule has 0 aliphatic heterocycles. The van der Waals surface area contributed by atoms with Crippen molar-refractivity contribution >= 4 is 17.5 Å². The lowest BCUT2D eigenvalue weighted by Crippen LogP contribution is -2.39. The van der Waals surface area contributed by atoms with Crippen molar-refractivity contribution in [2.45, 2.75) is 33.6 Å². The van der Waals surface area contributed by atoms with E-state index in [0.717, 1.165) is 29.7 Å². The lowest BCUT2D eigenvalue weighted by molar-refractivity contribution is -0.122. The first-order valence-corrected chi connectivity index (χ1v) is 9.72. The fourth-order valence-corrected chi connectivity index (χ4v) is 3.32. The lowest BCUT2D eigenvalue weighted by atomic mass is 10.1. The fraction of sp³-hybridized carbons (Fsp3) is 0.391. The van der Waals surface area contributed by atoms with Gasteiger partial charge in [-0.3, -0.25) is 14.5 Å². The number of nitrogens with one attached hydrogen (secondary N) is 2. The summed E-state index contributed by atoms with van der Waals surface area (Å²) in [6.45, 7) is 7.02. The topological polar surface area (TPSA) is 61.4 Å². The summed E-state index contributed by atoms with van der Waals surface area (Å²) in [4.78, 5) is 26.1. The fourth-order valence-electron chi connectivity index (χ4n) is 3.32. The van der Waals surface area contributed by atoms with Gasteiger partial charge in [0.15, 0.2) is 0 Å². The third kappa shape index (κ3) is 7.16. The van der Waals surface area contributed by atoms with Crippen LogP contribution in [0, 0.1) is 20.8 Å². The van der Waals surface area contributed by atoms with E-state index in [1.807, 2.05) is 39.0 Å². The Hall–Kier alpha value is -2.66. The second-order valence-electron chi connectivity index (χ2n) is 7.43. The van der Waals surface area contributed by atoms with E-state index in [-0.39, 0.29) is 24.9 Å². The number of carbonyl (C=O) groups is 2. The molecule has 0 atom stereocenters. The summed E-state index contributed by atoms with van der Waals surface area (Å²) in [5, 5.41) is 5.89. The molecule has 2 aromatic rings. The Morgan fingerprint density at radius 3 is 2.18 bits per heavy atom. The van der Waals surface area contributed by atoms with Crippen molar-refractivity contribution in [3.8, 4) is 0 Å². The molecule has 5 nitrogen and oxygen atoms in total. The maximum Gasteiger partial charge on any atom is 0.238 e. The smallest absolute Gasteiger partial charge is 0.238 e. The van der Waals surface area contributed by atoms with Gasteiger partial charge in [-0.15, -0.1) is 0 Å². The van der Waals surface area contributed by atoms with E-state index in [2.05, 4.69) is 34.9 Å². The number of nitrogens with zero attached hydrogens (tertiary/aromatic N) is 1. The molecular formula is C23H31N3O2. The van der Waals surface area contributed by atoms with Crippen LogP contribution in [-0.4, -0.2) is 43.4 Å². The summed E-state index contributed by atoms with van der Waals surface area (Å²) >= 11 is 0. The van der Waals surface area contributed by atoms with Crippen molar-refractivity contribution in [1.82, 2.24) is 10.2 Å². The van der Waals surface area contributed by atoms with Crippen LogP contribution in [0.5, 0.6) is 0 Å². The Kier molecular flexibility index (Phi) is 8.20. The van der Waals surface area contributed by atoms with Crippen molar-refractivity contribution in [3.63, 3.8) is 0 Å². The predicted octanol–water partition coefficient (Wildman–Crippen LogP) is 3.23. The Bertz CT molecular complexity index is 780. The zero-order valence-corrected chi connectivity index (χ0v) is 17.3. The van der Waals surface area contributed by atoms with Crippen LogP contribution in [0.25, 0.3) is 0 Å². The number of rotatable bonds is 9. The molecule has 0 aromatic heterocycles. The number of likely N-dealkylation sites (N-methyl/N-ethyl adjacent to an activating group) is 1. The molecule has 0 radical (unpaired) electrons. The molecular weight excluding hydrogens is 350 g/mol. The molecule has 0 saturated carbocycles. The molecule has 0 unspecified atom stereocenters. The van der Waals surface area contributed by atoms with Crippen molar-refractivity contribution < 1.29 is 9.59 Å². The first-order valence-electron chi connectivity index (χ1n) is 9.72. The van der Waals surface area contributed by atoms with E-state index in [1.165, 1.54) is 11.1 Å². The van der Waals surface area contributed by atoms with E-state index in [9.17, 15) is 9.59 Å². The second-order valence-corrected chi connectivity index (χ2v) is 7.43. The molecule has 28 heavy (non-hydrogen) atoms. The summed E-state index contributed by atoms with van der Waals surface area (Å²) < 4.78 is 0. The van der Waals surface area contributed by atoms with Crippen LogP contribution in [0.4, 0.5) is 5.69 Å². The largest absolute Gasteiger partial charge is 0.355 e. The van der Waals surface area contributed by atoms with Gasteiger partial charge in [0, 0.05) is 12.2 Å². The van der Waals surface area contributed by atoms with Gasteiger partial charge >= 0.3 is 0 Å². The molecule has 0 fully saturated rings. The highest BCUT2D eigenvalue weighted by atomic mass is 16.2. The monoisotopic (exact) mass is 381 g/mol. The molecule has 0 saturated heterocycles. The molecule has 0 aliphatic rings. The van der Waals surface area contributed by atoms with E-state index < -0.39 is 0 Å². The average Bonchev–Trinajstić information content (AvgIpc) is 2.62. The highest BCUT2D eigenvalue weighted by molar-refractivity contribution is 5.94. The molecule has 2 rings (SSSR count). The molecule has 0 spiro atoms. The minimum absolute atomic E-state index is 0.0638. The average molecular weight is 382 g/mol. The molecule has 2 amide bonds. The van der Waals surface area contributed by atoms with E-state index in [4.69, 9.17) is 0 Å². The summed E-state index contributed by atoms with van der Waals surface area (Å²) in [5.74, 6) is -0.180. The standard InChI is InChI=1S/C23H31N3O2/c1-17-13-18(2)23(19(3)14-17)25-22(28)16-26(4)15-21(27)24-12-8-11-20-9-6-5-7-10-20/h5-7,9-10,13-14H,8,11-12,15-16H2,1-4H3,(H,24,27)(H,25,28). The first kappa shape index (κ1) is 21.6. The van der Waals surface area contributed by atoms with Gasteiger partial charge in [-0.25, -0.2) is 0 Å². The van der Waals surface area contributed by atoms with Gasteiger partial charge in [-0.1, -0.05) is 48.0 Å². The Morgan fingerprint density at radius 1 is 0.929 bits per heavy atom. The van der Waals surface area contributed by atoms with Crippen molar-refractivity contribution in [2.75, 3.05) is 32.0 Å². The van der Waals surface area contributed by atoms with Crippen LogP contribution in [0.1, 0.15) is 28.7 Å². The maximum absolute atomic E-state index is 12.3. The number of hydrogen-bond donors (Lipinski definition) is 2. The molecule has 2 aromatic carbocycles. The zero-order chi connectivity index (χ0) is 20.5. The molecule has 0 heterocycles. The Morgan fingerprint density at radius 2 is 1.54 bits per heavy atom. The minimum Gasteiger partial charge on any atom is -0.355 e. The maximum atomic E-state index is 12.3. The number of aryl methyl sites for hydroxylation is 4. The Balaban J connectivity index is 1.70. The van der Waals surface area contributed by atoms with Crippen LogP contribution in [0.3, 0.4) is 0 Å². The molecule has 2 N–H and O–H groups in total. The minimum atomic E-state index is -0.116. The van der Waals surface area contributed by atoms with Gasteiger partial charge in [0.1, 0.15) is 0 Å². The van der Waals surface area contributed by atoms with Crippen LogP contribution in [0.2, 0.25) is 0 Å². The zero-order valence-electron chi connectivity index (χ0n) is 17.3. The van der Waals surface area contributed by atoms with E-state index in [1.54, 1.807) is 11.9 Å². The van der Waals surface area contributed by atoms with Crippen LogP contribution < -0.4 is 10.6 Å². The normalized spacial score (nSPS) is 10.8. The second kappa shape index (κ2) is 10.6. The van der Waals surface area contributed by atoms with Crippen molar-refractivity contribution in [3.05, 3.63) is 64.7 Å². The number of hydrogen-bond acceptors (Lipinski definition) is 3. The molecule has 0 bridgehead atoms. The van der Waals surface area contributed by atoms with Crippen molar-refractivity contribution in [2.24, 2.45) is 0 Å². The first-order chi connectivity index (χ1) is 13.3. The number of anilines is 1. The summed E-state index contributed by atoms with van der Waals surface area (Å²) in [7, 11) is 1.78. The van der Waals surface area contributed by atoms with Gasteiger partial charge < -0.3 is 10.6 Å².